The van der Waals surface area contributed by atoms with Crippen molar-refractivity contribution in [2.75, 3.05) is 13.1 Å². The van der Waals surface area contributed by atoms with Gasteiger partial charge in [0, 0.05) is 17.6 Å². The van der Waals surface area contributed by atoms with Crippen molar-refractivity contribution in [1.29, 1.82) is 0 Å². The Morgan fingerprint density at radius 3 is 2.27 bits per heavy atom. The number of hydrogen-bond acceptors (Lipinski definition) is 2. The average Bonchev–Trinajstić information content (AvgIpc) is 2.70. The molecule has 88 valence electrons. The zero-order valence-electron chi connectivity index (χ0n) is 10.4. The monoisotopic (exact) mass is 210 g/mol. The van der Waals surface area contributed by atoms with E-state index in [1.165, 1.54) is 58.0 Å². The van der Waals surface area contributed by atoms with Gasteiger partial charge in [-0.05, 0) is 52.5 Å². The van der Waals surface area contributed by atoms with Crippen molar-refractivity contribution in [2.45, 2.75) is 69.9 Å². The van der Waals surface area contributed by atoms with E-state index in [9.17, 15) is 0 Å². The SMILES string of the molecule is CC1(C)CCCN1CCC1(N)CCCC1. The third-order valence-electron chi connectivity index (χ3n) is 4.55. The lowest BCUT2D eigenvalue weighted by atomic mass is 9.93. The van der Waals surface area contributed by atoms with Gasteiger partial charge >= 0.3 is 0 Å². The van der Waals surface area contributed by atoms with Crippen LogP contribution >= 0.6 is 0 Å². The first-order chi connectivity index (χ1) is 7.02. The van der Waals surface area contributed by atoms with Crippen molar-refractivity contribution in [3.8, 4) is 0 Å². The molecule has 2 nitrogen and oxygen atoms in total. The summed E-state index contributed by atoms with van der Waals surface area (Å²) in [6.45, 7) is 7.24. The van der Waals surface area contributed by atoms with Crippen molar-refractivity contribution in [3.05, 3.63) is 0 Å². The molecule has 0 amide bonds. The van der Waals surface area contributed by atoms with Gasteiger partial charge in [-0.25, -0.2) is 0 Å². The molecule has 1 aliphatic heterocycles. The lowest BCUT2D eigenvalue weighted by Gasteiger charge is -2.34. The predicted octanol–water partition coefficient (Wildman–Crippen LogP) is 2.52. The van der Waals surface area contributed by atoms with E-state index in [1.54, 1.807) is 0 Å². The molecule has 1 aliphatic carbocycles. The highest BCUT2D eigenvalue weighted by molar-refractivity contribution is 4.93. The number of likely N-dealkylation sites (tertiary alicyclic amines) is 1. The van der Waals surface area contributed by atoms with Crippen LogP contribution in [0.5, 0.6) is 0 Å². The highest BCUT2D eigenvalue weighted by atomic mass is 15.2. The Morgan fingerprint density at radius 1 is 1.07 bits per heavy atom. The van der Waals surface area contributed by atoms with Gasteiger partial charge in [-0.15, -0.1) is 0 Å². The molecule has 2 fully saturated rings. The Hall–Kier alpha value is -0.0800. The summed E-state index contributed by atoms with van der Waals surface area (Å²) in [6, 6.07) is 0. The lowest BCUT2D eigenvalue weighted by Crippen LogP contribution is -2.44. The summed E-state index contributed by atoms with van der Waals surface area (Å²) < 4.78 is 0. The molecule has 0 unspecified atom stereocenters. The van der Waals surface area contributed by atoms with Crippen LogP contribution in [0.2, 0.25) is 0 Å². The summed E-state index contributed by atoms with van der Waals surface area (Å²) in [5, 5.41) is 0. The summed E-state index contributed by atoms with van der Waals surface area (Å²) in [6.07, 6.45) is 9.12. The number of hydrogen-bond donors (Lipinski definition) is 1. The van der Waals surface area contributed by atoms with E-state index >= 15 is 0 Å². The molecule has 0 aromatic carbocycles. The van der Waals surface area contributed by atoms with E-state index in [0.717, 1.165) is 0 Å². The van der Waals surface area contributed by atoms with Gasteiger partial charge in [0.1, 0.15) is 0 Å². The maximum absolute atomic E-state index is 6.40. The molecule has 0 aromatic rings. The molecule has 1 heterocycles. The first kappa shape index (κ1) is 11.4. The van der Waals surface area contributed by atoms with Crippen LogP contribution in [0.25, 0.3) is 0 Å². The van der Waals surface area contributed by atoms with E-state index in [1.807, 2.05) is 0 Å². The van der Waals surface area contributed by atoms with Crippen molar-refractivity contribution in [2.24, 2.45) is 5.73 Å². The van der Waals surface area contributed by atoms with Gasteiger partial charge in [0.2, 0.25) is 0 Å². The zero-order chi connectivity index (χ0) is 10.9. The normalized spacial score (nSPS) is 29.8. The molecule has 0 aromatic heterocycles. The third kappa shape index (κ3) is 2.54. The average molecular weight is 210 g/mol. The first-order valence-electron chi connectivity index (χ1n) is 6.56. The second kappa shape index (κ2) is 4.06. The molecule has 0 atom stereocenters. The fraction of sp³-hybridized carbons (Fsp3) is 1.00. The van der Waals surface area contributed by atoms with Gasteiger partial charge in [0.05, 0.1) is 0 Å². The van der Waals surface area contributed by atoms with Crippen LogP contribution in [0.4, 0.5) is 0 Å². The van der Waals surface area contributed by atoms with Gasteiger partial charge < -0.3 is 5.73 Å². The second-order valence-electron chi connectivity index (χ2n) is 6.22. The summed E-state index contributed by atoms with van der Waals surface area (Å²) in [5.74, 6) is 0. The number of nitrogens with zero attached hydrogens (tertiary/aromatic N) is 1. The maximum atomic E-state index is 6.40. The molecule has 2 aliphatic rings. The van der Waals surface area contributed by atoms with Crippen LogP contribution in [0.1, 0.15) is 58.8 Å². The Morgan fingerprint density at radius 2 is 1.73 bits per heavy atom. The molecular formula is C13H26N2. The fourth-order valence-electron chi connectivity index (χ4n) is 3.26. The van der Waals surface area contributed by atoms with Gasteiger partial charge in [-0.3, -0.25) is 4.90 Å². The quantitative estimate of drug-likeness (QED) is 0.775. The minimum Gasteiger partial charge on any atom is -0.325 e. The Balaban J connectivity index is 1.82. The molecule has 2 N–H and O–H groups in total. The molecule has 0 radical (unpaired) electrons. The van der Waals surface area contributed by atoms with Crippen LogP contribution in [0, 0.1) is 0 Å². The number of nitrogens with two attached hydrogens (primary N) is 1. The summed E-state index contributed by atoms with van der Waals surface area (Å²) in [4.78, 5) is 2.64. The van der Waals surface area contributed by atoms with Crippen LogP contribution in [0.15, 0.2) is 0 Å². The standard InChI is InChI=1S/C13H26N2/c1-12(2)6-5-10-15(12)11-9-13(14)7-3-4-8-13/h3-11,14H2,1-2H3. The first-order valence-corrected chi connectivity index (χ1v) is 6.56. The Bertz CT molecular complexity index is 217. The zero-order valence-corrected chi connectivity index (χ0v) is 10.4. The van der Waals surface area contributed by atoms with E-state index in [2.05, 4.69) is 18.7 Å². The van der Waals surface area contributed by atoms with E-state index in [-0.39, 0.29) is 5.54 Å². The highest BCUT2D eigenvalue weighted by Crippen LogP contribution is 2.33. The van der Waals surface area contributed by atoms with Crippen molar-refractivity contribution < 1.29 is 0 Å². The highest BCUT2D eigenvalue weighted by Gasteiger charge is 2.35. The smallest absolute Gasteiger partial charge is 0.0166 e. The summed E-state index contributed by atoms with van der Waals surface area (Å²) in [7, 11) is 0. The van der Waals surface area contributed by atoms with Crippen LogP contribution in [0.3, 0.4) is 0 Å². The van der Waals surface area contributed by atoms with Crippen molar-refractivity contribution in [1.82, 2.24) is 4.90 Å². The van der Waals surface area contributed by atoms with Crippen molar-refractivity contribution >= 4 is 0 Å². The fourth-order valence-corrected chi connectivity index (χ4v) is 3.26. The van der Waals surface area contributed by atoms with E-state index < -0.39 is 0 Å². The topological polar surface area (TPSA) is 29.3 Å². The van der Waals surface area contributed by atoms with Crippen LogP contribution < -0.4 is 5.73 Å². The molecule has 0 bridgehead atoms. The summed E-state index contributed by atoms with van der Waals surface area (Å²) >= 11 is 0. The van der Waals surface area contributed by atoms with Gasteiger partial charge in [-0.1, -0.05) is 12.8 Å². The Kier molecular flexibility index (Phi) is 3.09. The summed E-state index contributed by atoms with van der Waals surface area (Å²) in [5.41, 5.74) is 7.00. The third-order valence-corrected chi connectivity index (χ3v) is 4.55. The van der Waals surface area contributed by atoms with Gasteiger partial charge in [0.15, 0.2) is 0 Å². The minimum absolute atomic E-state index is 0.179. The molecule has 1 saturated carbocycles. The van der Waals surface area contributed by atoms with Gasteiger partial charge in [0.25, 0.3) is 0 Å². The van der Waals surface area contributed by atoms with Gasteiger partial charge in [-0.2, -0.15) is 0 Å². The predicted molar refractivity (Wildman–Crippen MR) is 64.9 cm³/mol. The molecule has 15 heavy (non-hydrogen) atoms. The van der Waals surface area contributed by atoms with Crippen LogP contribution in [-0.2, 0) is 0 Å². The largest absolute Gasteiger partial charge is 0.325 e. The van der Waals surface area contributed by atoms with E-state index in [4.69, 9.17) is 5.73 Å². The molecule has 1 saturated heterocycles. The molecule has 2 heteroatoms. The molecule has 2 rings (SSSR count). The van der Waals surface area contributed by atoms with Crippen LogP contribution in [-0.4, -0.2) is 29.1 Å². The van der Waals surface area contributed by atoms with E-state index in [0.29, 0.717) is 5.54 Å². The molecular weight excluding hydrogens is 184 g/mol. The number of rotatable bonds is 3. The van der Waals surface area contributed by atoms with Crippen molar-refractivity contribution in [3.63, 3.8) is 0 Å². The minimum atomic E-state index is 0.179. The Labute approximate surface area is 94.2 Å². The lowest BCUT2D eigenvalue weighted by molar-refractivity contribution is 0.158. The maximum Gasteiger partial charge on any atom is 0.0166 e. The molecule has 0 spiro atoms. The second-order valence-corrected chi connectivity index (χ2v) is 6.22.